The average Bonchev–Trinajstić information content (AvgIpc) is 2.70. The second kappa shape index (κ2) is 8.76. The second-order valence-electron chi connectivity index (χ2n) is 6.49. The number of methoxy groups -OCH3 is 1. The van der Waals surface area contributed by atoms with E-state index in [-0.39, 0.29) is 11.5 Å². The van der Waals surface area contributed by atoms with E-state index in [4.69, 9.17) is 16.3 Å². The van der Waals surface area contributed by atoms with Gasteiger partial charge in [-0.15, -0.1) is 0 Å². The van der Waals surface area contributed by atoms with E-state index in [2.05, 4.69) is 0 Å². The summed E-state index contributed by atoms with van der Waals surface area (Å²) in [6.45, 7) is 0.735. The largest absolute Gasteiger partial charge is 0.497 e. The van der Waals surface area contributed by atoms with E-state index in [9.17, 15) is 9.59 Å². The Morgan fingerprint density at radius 1 is 1.11 bits per heavy atom. The van der Waals surface area contributed by atoms with Crippen LogP contribution in [0.15, 0.2) is 71.7 Å². The van der Waals surface area contributed by atoms with Crippen molar-refractivity contribution in [1.29, 1.82) is 0 Å². The standard InChI is InChI=1S/C22H21ClN2O3/c1-24(13-16-6-5-8-19(12-16)28-2)22(27)18-10-11-21(26)25(15-18)14-17-7-3-4-9-20(17)23/h3-12,15H,13-14H2,1-2H3. The first-order valence-electron chi connectivity index (χ1n) is 8.80. The van der Waals surface area contributed by atoms with Crippen LogP contribution in [-0.4, -0.2) is 29.5 Å². The van der Waals surface area contributed by atoms with Crippen molar-refractivity contribution in [3.63, 3.8) is 0 Å². The van der Waals surface area contributed by atoms with Crippen LogP contribution in [0.3, 0.4) is 0 Å². The lowest BCUT2D eigenvalue weighted by molar-refractivity contribution is 0.0784. The minimum Gasteiger partial charge on any atom is -0.497 e. The summed E-state index contributed by atoms with van der Waals surface area (Å²) < 4.78 is 6.72. The van der Waals surface area contributed by atoms with Crippen molar-refractivity contribution in [2.45, 2.75) is 13.1 Å². The number of ether oxygens (including phenoxy) is 1. The molecule has 0 aliphatic heterocycles. The number of hydrogen-bond donors (Lipinski definition) is 0. The SMILES string of the molecule is COc1cccc(CN(C)C(=O)c2ccc(=O)n(Cc3ccccc3Cl)c2)c1. The third-order valence-electron chi connectivity index (χ3n) is 4.43. The van der Waals surface area contributed by atoms with Gasteiger partial charge in [0.1, 0.15) is 5.75 Å². The number of carbonyl (C=O) groups is 1. The zero-order chi connectivity index (χ0) is 20.1. The first-order chi connectivity index (χ1) is 13.5. The van der Waals surface area contributed by atoms with Crippen LogP contribution in [0.2, 0.25) is 5.02 Å². The van der Waals surface area contributed by atoms with Crippen LogP contribution in [0.4, 0.5) is 0 Å². The van der Waals surface area contributed by atoms with Crippen molar-refractivity contribution >= 4 is 17.5 Å². The lowest BCUT2D eigenvalue weighted by atomic mass is 10.1. The number of halogens is 1. The van der Waals surface area contributed by atoms with Gasteiger partial charge < -0.3 is 14.2 Å². The van der Waals surface area contributed by atoms with Crippen LogP contribution in [0, 0.1) is 0 Å². The summed E-state index contributed by atoms with van der Waals surface area (Å²) >= 11 is 6.19. The molecule has 3 rings (SSSR count). The Bertz CT molecular complexity index is 1050. The average molecular weight is 397 g/mol. The molecule has 0 saturated carbocycles. The van der Waals surface area contributed by atoms with Gasteiger partial charge in [0.15, 0.2) is 0 Å². The topological polar surface area (TPSA) is 51.5 Å². The molecule has 144 valence electrons. The van der Waals surface area contributed by atoms with Gasteiger partial charge in [0, 0.05) is 30.9 Å². The monoisotopic (exact) mass is 396 g/mol. The molecule has 0 spiro atoms. The van der Waals surface area contributed by atoms with Crippen molar-refractivity contribution in [3.05, 3.63) is 98.9 Å². The Morgan fingerprint density at radius 2 is 1.89 bits per heavy atom. The molecular weight excluding hydrogens is 376 g/mol. The summed E-state index contributed by atoms with van der Waals surface area (Å²) in [6, 6.07) is 17.9. The van der Waals surface area contributed by atoms with E-state index in [1.807, 2.05) is 42.5 Å². The Labute approximate surface area is 168 Å². The molecule has 0 fully saturated rings. The quantitative estimate of drug-likeness (QED) is 0.636. The lowest BCUT2D eigenvalue weighted by Gasteiger charge is -2.18. The molecule has 1 amide bonds. The van der Waals surface area contributed by atoms with E-state index < -0.39 is 0 Å². The van der Waals surface area contributed by atoms with E-state index in [1.54, 1.807) is 37.4 Å². The highest BCUT2D eigenvalue weighted by Crippen LogP contribution is 2.17. The zero-order valence-corrected chi connectivity index (χ0v) is 16.5. The van der Waals surface area contributed by atoms with Gasteiger partial charge in [-0.3, -0.25) is 9.59 Å². The van der Waals surface area contributed by atoms with Crippen LogP contribution in [0.1, 0.15) is 21.5 Å². The normalized spacial score (nSPS) is 10.5. The van der Waals surface area contributed by atoms with E-state index in [1.165, 1.54) is 10.6 Å². The molecule has 1 heterocycles. The fourth-order valence-electron chi connectivity index (χ4n) is 2.93. The van der Waals surface area contributed by atoms with Crippen LogP contribution >= 0.6 is 11.6 Å². The summed E-state index contributed by atoms with van der Waals surface area (Å²) in [5, 5.41) is 0.585. The van der Waals surface area contributed by atoms with Gasteiger partial charge in [0.05, 0.1) is 19.2 Å². The molecule has 2 aromatic carbocycles. The summed E-state index contributed by atoms with van der Waals surface area (Å²) in [7, 11) is 3.33. The van der Waals surface area contributed by atoms with Gasteiger partial charge in [-0.1, -0.05) is 41.9 Å². The zero-order valence-electron chi connectivity index (χ0n) is 15.8. The Morgan fingerprint density at radius 3 is 2.64 bits per heavy atom. The molecule has 0 atom stereocenters. The van der Waals surface area contributed by atoms with Gasteiger partial charge >= 0.3 is 0 Å². The highest BCUT2D eigenvalue weighted by Gasteiger charge is 2.14. The number of pyridine rings is 1. The summed E-state index contributed by atoms with van der Waals surface area (Å²) in [5.74, 6) is 0.572. The molecule has 0 N–H and O–H groups in total. The van der Waals surface area contributed by atoms with E-state index in [0.717, 1.165) is 16.9 Å². The Kier molecular flexibility index (Phi) is 6.16. The number of aromatic nitrogens is 1. The minimum absolute atomic E-state index is 0.171. The highest BCUT2D eigenvalue weighted by atomic mass is 35.5. The Hall–Kier alpha value is -3.05. The first-order valence-corrected chi connectivity index (χ1v) is 9.18. The van der Waals surface area contributed by atoms with Crippen LogP contribution < -0.4 is 10.3 Å². The molecule has 5 nitrogen and oxygen atoms in total. The van der Waals surface area contributed by atoms with Gasteiger partial charge in [-0.2, -0.15) is 0 Å². The predicted octanol–water partition coefficient (Wildman–Crippen LogP) is 3.83. The fourth-order valence-corrected chi connectivity index (χ4v) is 3.12. The van der Waals surface area contributed by atoms with Crippen LogP contribution in [-0.2, 0) is 13.1 Å². The van der Waals surface area contributed by atoms with Crippen molar-refractivity contribution in [3.8, 4) is 5.75 Å². The maximum Gasteiger partial charge on any atom is 0.255 e. The Balaban J connectivity index is 1.79. The number of carbonyl (C=O) groups excluding carboxylic acids is 1. The predicted molar refractivity (Wildman–Crippen MR) is 110 cm³/mol. The molecule has 0 aliphatic carbocycles. The van der Waals surface area contributed by atoms with Crippen molar-refractivity contribution in [2.24, 2.45) is 0 Å². The van der Waals surface area contributed by atoms with Gasteiger partial charge in [0.25, 0.3) is 11.5 Å². The molecule has 0 unspecified atom stereocenters. The molecule has 28 heavy (non-hydrogen) atoms. The minimum atomic E-state index is -0.188. The first kappa shape index (κ1) is 19.7. The van der Waals surface area contributed by atoms with Gasteiger partial charge in [0.2, 0.25) is 0 Å². The maximum absolute atomic E-state index is 12.8. The van der Waals surface area contributed by atoms with Gasteiger partial charge in [-0.25, -0.2) is 0 Å². The second-order valence-corrected chi connectivity index (χ2v) is 6.90. The molecular formula is C22H21ClN2O3. The molecule has 6 heteroatoms. The maximum atomic E-state index is 12.8. The lowest BCUT2D eigenvalue weighted by Crippen LogP contribution is -2.28. The summed E-state index contributed by atoms with van der Waals surface area (Å²) in [5.41, 5.74) is 2.03. The third-order valence-corrected chi connectivity index (χ3v) is 4.80. The molecule has 1 aromatic heterocycles. The van der Waals surface area contributed by atoms with Gasteiger partial charge in [-0.05, 0) is 35.4 Å². The van der Waals surface area contributed by atoms with Crippen molar-refractivity contribution < 1.29 is 9.53 Å². The molecule has 3 aromatic rings. The van der Waals surface area contributed by atoms with Crippen molar-refractivity contribution in [2.75, 3.05) is 14.2 Å². The number of benzene rings is 2. The molecule has 0 aliphatic rings. The number of rotatable bonds is 6. The fraction of sp³-hybridized carbons (Fsp3) is 0.182. The summed E-state index contributed by atoms with van der Waals surface area (Å²) in [6.07, 6.45) is 1.58. The molecule has 0 radical (unpaired) electrons. The number of amides is 1. The molecule has 0 bridgehead atoms. The smallest absolute Gasteiger partial charge is 0.255 e. The number of hydrogen-bond acceptors (Lipinski definition) is 3. The van der Waals surface area contributed by atoms with Crippen molar-refractivity contribution in [1.82, 2.24) is 9.47 Å². The summed E-state index contributed by atoms with van der Waals surface area (Å²) in [4.78, 5) is 26.7. The highest BCUT2D eigenvalue weighted by molar-refractivity contribution is 6.31. The third kappa shape index (κ3) is 4.61. The van der Waals surface area contributed by atoms with Crippen LogP contribution in [0.5, 0.6) is 5.75 Å². The van der Waals surface area contributed by atoms with E-state index in [0.29, 0.717) is 23.7 Å². The molecule has 0 saturated heterocycles. The van der Waals surface area contributed by atoms with E-state index >= 15 is 0 Å². The van der Waals surface area contributed by atoms with Crippen LogP contribution in [0.25, 0.3) is 0 Å². The number of nitrogens with zero attached hydrogens (tertiary/aromatic N) is 2.